The molecule has 1 aromatic heterocycles. The van der Waals surface area contributed by atoms with Crippen molar-refractivity contribution in [3.63, 3.8) is 0 Å². The monoisotopic (exact) mass is 536 g/mol. The van der Waals surface area contributed by atoms with Crippen LogP contribution in [0.5, 0.6) is 11.5 Å². The molecule has 1 aliphatic heterocycles. The minimum Gasteiger partial charge on any atom is -0.497 e. The predicted octanol–water partition coefficient (Wildman–Crippen LogP) is 5.10. The lowest BCUT2D eigenvalue weighted by atomic mass is 9.74. The van der Waals surface area contributed by atoms with E-state index in [0.29, 0.717) is 73.1 Å². The number of rotatable bonds is 11. The number of nitrogens with zero attached hydrogens (tertiary/aromatic N) is 2. The zero-order valence-electron chi connectivity index (χ0n) is 21.2. The number of hydrogen-bond donors (Lipinski definition) is 2. The SMILES string of the molecule is COc1ccc2ncc(CF)c(C(O)CCC3(CO)CCN(CCOc4cc(F)c(F)c(F)c4)CC3)c2c1. The highest BCUT2D eigenvalue weighted by atomic mass is 19.2. The van der Waals surface area contributed by atoms with Crippen molar-refractivity contribution < 1.29 is 37.2 Å². The summed E-state index contributed by atoms with van der Waals surface area (Å²) in [6, 6.07) is 6.90. The molecule has 1 fully saturated rings. The van der Waals surface area contributed by atoms with Crippen LogP contribution in [0.3, 0.4) is 0 Å². The molecule has 1 aliphatic rings. The van der Waals surface area contributed by atoms with Crippen molar-refractivity contribution in [3.8, 4) is 11.5 Å². The van der Waals surface area contributed by atoms with E-state index in [1.165, 1.54) is 13.3 Å². The van der Waals surface area contributed by atoms with E-state index < -0.39 is 35.6 Å². The van der Waals surface area contributed by atoms with Gasteiger partial charge in [-0.15, -0.1) is 0 Å². The number of pyridine rings is 1. The third kappa shape index (κ3) is 6.19. The van der Waals surface area contributed by atoms with Gasteiger partial charge in [0.25, 0.3) is 0 Å². The van der Waals surface area contributed by atoms with E-state index in [1.54, 1.807) is 18.2 Å². The molecule has 1 saturated heterocycles. The van der Waals surface area contributed by atoms with Gasteiger partial charge in [0.05, 0.1) is 18.7 Å². The van der Waals surface area contributed by atoms with E-state index in [2.05, 4.69) is 9.88 Å². The van der Waals surface area contributed by atoms with Crippen molar-refractivity contribution in [3.05, 3.63) is 65.1 Å². The standard InChI is InChI=1S/C28H32F4N2O4/c1-37-19-2-3-24-21(12-19)26(18(15-29)16-33-24)25(36)4-5-28(17-35)6-8-34(9-7-28)10-11-38-20-13-22(30)27(32)23(31)14-20/h2-3,12-14,16,25,35-36H,4-11,15,17H2,1H3. The van der Waals surface area contributed by atoms with Crippen molar-refractivity contribution in [2.75, 3.05) is 40.0 Å². The summed E-state index contributed by atoms with van der Waals surface area (Å²) in [5, 5.41) is 22.0. The highest BCUT2D eigenvalue weighted by Crippen LogP contribution is 2.40. The molecule has 4 rings (SSSR count). The Hall–Kier alpha value is -2.95. The summed E-state index contributed by atoms with van der Waals surface area (Å²) in [5.41, 5.74) is 1.06. The summed E-state index contributed by atoms with van der Waals surface area (Å²) in [6.45, 7) is 1.19. The maximum atomic E-state index is 13.8. The van der Waals surface area contributed by atoms with Gasteiger partial charge >= 0.3 is 0 Å². The number of likely N-dealkylation sites (tertiary alicyclic amines) is 1. The second kappa shape index (κ2) is 12.3. The molecular formula is C28H32F4N2O4. The molecule has 0 bridgehead atoms. The molecule has 206 valence electrons. The number of benzene rings is 2. The Kier molecular flexibility index (Phi) is 9.07. The summed E-state index contributed by atoms with van der Waals surface area (Å²) in [6.07, 6.45) is 2.75. The molecule has 2 aromatic carbocycles. The van der Waals surface area contributed by atoms with E-state index in [-0.39, 0.29) is 19.0 Å². The first-order chi connectivity index (χ1) is 18.3. The lowest BCUT2D eigenvalue weighted by Gasteiger charge is -2.41. The first-order valence-corrected chi connectivity index (χ1v) is 12.6. The van der Waals surface area contributed by atoms with Crippen molar-refractivity contribution in [2.45, 2.75) is 38.5 Å². The van der Waals surface area contributed by atoms with Crippen LogP contribution in [-0.2, 0) is 6.67 Å². The number of hydrogen-bond acceptors (Lipinski definition) is 6. The summed E-state index contributed by atoms with van der Waals surface area (Å²) in [4.78, 5) is 6.41. The third-order valence-corrected chi connectivity index (χ3v) is 7.51. The van der Waals surface area contributed by atoms with Gasteiger partial charge < -0.3 is 19.7 Å². The van der Waals surface area contributed by atoms with Crippen molar-refractivity contribution >= 4 is 10.9 Å². The molecule has 0 saturated carbocycles. The second-order valence-electron chi connectivity index (χ2n) is 9.82. The van der Waals surface area contributed by atoms with Gasteiger partial charge in [0.2, 0.25) is 0 Å². The quantitative estimate of drug-likeness (QED) is 0.263. The fourth-order valence-corrected chi connectivity index (χ4v) is 5.09. The average molecular weight is 537 g/mol. The zero-order chi connectivity index (χ0) is 27.3. The Bertz CT molecular complexity index is 1220. The molecule has 3 aromatic rings. The molecule has 2 N–H and O–H groups in total. The van der Waals surface area contributed by atoms with Crippen molar-refractivity contribution in [2.24, 2.45) is 5.41 Å². The Balaban J connectivity index is 1.34. The number of piperidine rings is 1. The highest BCUT2D eigenvalue weighted by Gasteiger charge is 2.34. The number of aliphatic hydroxyl groups excluding tert-OH is 2. The molecule has 1 atom stereocenters. The van der Waals surface area contributed by atoms with Crippen LogP contribution in [0.4, 0.5) is 17.6 Å². The summed E-state index contributed by atoms with van der Waals surface area (Å²) in [5.74, 6) is -3.62. The topological polar surface area (TPSA) is 75.0 Å². The minimum atomic E-state index is -1.53. The Labute approximate surface area is 218 Å². The van der Waals surface area contributed by atoms with E-state index in [9.17, 15) is 27.8 Å². The number of fused-ring (bicyclic) bond motifs is 1. The molecule has 0 spiro atoms. The van der Waals surface area contributed by atoms with Gasteiger partial charge in [0.1, 0.15) is 24.8 Å². The van der Waals surface area contributed by atoms with Gasteiger partial charge in [-0.25, -0.2) is 17.6 Å². The predicted molar refractivity (Wildman–Crippen MR) is 134 cm³/mol. The summed E-state index contributed by atoms with van der Waals surface area (Å²) >= 11 is 0. The maximum absolute atomic E-state index is 13.8. The third-order valence-electron chi connectivity index (χ3n) is 7.51. The normalized spacial score (nSPS) is 16.5. The van der Waals surface area contributed by atoms with Crippen LogP contribution in [-0.4, -0.2) is 60.1 Å². The van der Waals surface area contributed by atoms with E-state index in [0.717, 1.165) is 12.1 Å². The van der Waals surface area contributed by atoms with Crippen LogP contribution in [0, 0.1) is 22.9 Å². The average Bonchev–Trinajstić information content (AvgIpc) is 2.94. The van der Waals surface area contributed by atoms with Gasteiger partial charge in [-0.2, -0.15) is 0 Å². The lowest BCUT2D eigenvalue weighted by molar-refractivity contribution is 0.0204. The molecule has 6 nitrogen and oxygen atoms in total. The first-order valence-electron chi connectivity index (χ1n) is 12.6. The lowest BCUT2D eigenvalue weighted by Crippen LogP contribution is -2.43. The molecule has 38 heavy (non-hydrogen) atoms. The Morgan fingerprint density at radius 1 is 1.08 bits per heavy atom. The number of methoxy groups -OCH3 is 1. The van der Waals surface area contributed by atoms with Gasteiger partial charge in [0.15, 0.2) is 17.5 Å². The van der Waals surface area contributed by atoms with E-state index in [1.807, 2.05) is 0 Å². The van der Waals surface area contributed by atoms with Gasteiger partial charge in [-0.3, -0.25) is 9.88 Å². The number of aliphatic hydroxyl groups is 2. The molecule has 0 amide bonds. The van der Waals surface area contributed by atoms with Gasteiger partial charge in [-0.1, -0.05) is 0 Å². The largest absolute Gasteiger partial charge is 0.497 e. The summed E-state index contributed by atoms with van der Waals surface area (Å²) < 4.78 is 64.3. The van der Waals surface area contributed by atoms with Crippen LogP contribution in [0.1, 0.15) is 42.9 Å². The fraction of sp³-hybridized carbons (Fsp3) is 0.464. The summed E-state index contributed by atoms with van der Waals surface area (Å²) in [7, 11) is 1.54. The molecular weight excluding hydrogens is 504 g/mol. The highest BCUT2D eigenvalue weighted by molar-refractivity contribution is 5.85. The zero-order valence-corrected chi connectivity index (χ0v) is 21.2. The molecule has 2 heterocycles. The van der Waals surface area contributed by atoms with Gasteiger partial charge in [0, 0.05) is 42.4 Å². The van der Waals surface area contributed by atoms with Crippen LogP contribution in [0.25, 0.3) is 10.9 Å². The maximum Gasteiger partial charge on any atom is 0.194 e. The van der Waals surface area contributed by atoms with Crippen LogP contribution in [0.2, 0.25) is 0 Å². The smallest absolute Gasteiger partial charge is 0.194 e. The molecule has 1 unspecified atom stereocenters. The molecule has 10 heteroatoms. The second-order valence-corrected chi connectivity index (χ2v) is 9.82. The first kappa shape index (κ1) is 28.1. The Morgan fingerprint density at radius 2 is 1.79 bits per heavy atom. The molecule has 0 aliphatic carbocycles. The minimum absolute atomic E-state index is 0.0426. The van der Waals surface area contributed by atoms with Gasteiger partial charge in [-0.05, 0) is 68.0 Å². The van der Waals surface area contributed by atoms with Crippen molar-refractivity contribution in [1.29, 1.82) is 0 Å². The van der Waals surface area contributed by atoms with Crippen LogP contribution >= 0.6 is 0 Å². The number of alkyl halides is 1. The number of ether oxygens (including phenoxy) is 2. The number of aromatic nitrogens is 1. The Morgan fingerprint density at radius 3 is 2.42 bits per heavy atom. The molecule has 0 radical (unpaired) electrons. The fourth-order valence-electron chi connectivity index (χ4n) is 5.09. The number of halogens is 4. The van der Waals surface area contributed by atoms with Crippen LogP contribution < -0.4 is 9.47 Å². The van der Waals surface area contributed by atoms with E-state index >= 15 is 0 Å². The van der Waals surface area contributed by atoms with Crippen molar-refractivity contribution in [1.82, 2.24) is 9.88 Å². The van der Waals surface area contributed by atoms with Crippen LogP contribution in [0.15, 0.2) is 36.5 Å². The van der Waals surface area contributed by atoms with E-state index in [4.69, 9.17) is 9.47 Å².